The molecule has 1 aromatic heterocycles. The molecule has 1 aliphatic heterocycles. The number of aliphatic hydroxyl groups is 1. The lowest BCUT2D eigenvalue weighted by molar-refractivity contribution is 0.195. The summed E-state index contributed by atoms with van der Waals surface area (Å²) in [7, 11) is 0. The van der Waals surface area contributed by atoms with Crippen LogP contribution in [0.15, 0.2) is 46.5 Å². The molecule has 0 bridgehead atoms. The summed E-state index contributed by atoms with van der Waals surface area (Å²) in [5.41, 5.74) is 0.828. The topological polar surface area (TPSA) is 51.6 Å². The normalized spacial score (nSPS) is 15.3. The molecule has 2 aromatic rings. The van der Waals surface area contributed by atoms with Crippen molar-refractivity contribution >= 4 is 11.8 Å². The fourth-order valence-corrected chi connectivity index (χ4v) is 3.12. The molecular formula is C16H17NO3S. The summed E-state index contributed by atoms with van der Waals surface area (Å²) in [6, 6.07) is 9.60. The molecule has 4 nitrogen and oxygen atoms in total. The quantitative estimate of drug-likeness (QED) is 0.941. The van der Waals surface area contributed by atoms with Crippen LogP contribution in [0.1, 0.15) is 25.0 Å². The second-order valence-electron chi connectivity index (χ2n) is 4.83. The van der Waals surface area contributed by atoms with Crippen molar-refractivity contribution in [2.24, 2.45) is 0 Å². The van der Waals surface area contributed by atoms with Gasteiger partial charge in [-0.1, -0.05) is 17.8 Å². The van der Waals surface area contributed by atoms with Gasteiger partial charge in [-0.15, -0.1) is 0 Å². The van der Waals surface area contributed by atoms with Crippen molar-refractivity contribution in [2.75, 3.05) is 13.2 Å². The average Bonchev–Trinajstić information content (AvgIpc) is 2.72. The van der Waals surface area contributed by atoms with E-state index in [1.165, 1.54) is 11.8 Å². The number of ether oxygens (including phenoxy) is 2. The zero-order chi connectivity index (χ0) is 14.7. The first-order chi connectivity index (χ1) is 10.2. The van der Waals surface area contributed by atoms with Gasteiger partial charge in [0, 0.05) is 23.1 Å². The van der Waals surface area contributed by atoms with Crippen LogP contribution in [0.4, 0.5) is 0 Å². The Morgan fingerprint density at radius 1 is 1.19 bits per heavy atom. The molecule has 1 aliphatic rings. The molecule has 0 spiro atoms. The van der Waals surface area contributed by atoms with Crippen molar-refractivity contribution in [3.8, 4) is 11.5 Å². The fourth-order valence-electron chi connectivity index (χ4n) is 2.13. The Hall–Kier alpha value is -1.72. The molecule has 0 saturated heterocycles. The minimum atomic E-state index is -0.540. The van der Waals surface area contributed by atoms with Gasteiger partial charge in [-0.2, -0.15) is 0 Å². The lowest BCUT2D eigenvalue weighted by Gasteiger charge is -2.12. The zero-order valence-corrected chi connectivity index (χ0v) is 12.6. The SMILES string of the molecule is C[C@@H](O)c1cccnc1Sc1ccc2c(c1)OCCCO2. The van der Waals surface area contributed by atoms with Crippen molar-refractivity contribution in [3.63, 3.8) is 0 Å². The van der Waals surface area contributed by atoms with Crippen molar-refractivity contribution < 1.29 is 14.6 Å². The van der Waals surface area contributed by atoms with E-state index in [0.29, 0.717) is 13.2 Å². The highest BCUT2D eigenvalue weighted by molar-refractivity contribution is 7.99. The van der Waals surface area contributed by atoms with E-state index in [4.69, 9.17) is 9.47 Å². The van der Waals surface area contributed by atoms with E-state index in [2.05, 4.69) is 4.98 Å². The van der Waals surface area contributed by atoms with Crippen molar-refractivity contribution in [1.82, 2.24) is 4.98 Å². The molecular weight excluding hydrogens is 286 g/mol. The number of aromatic nitrogens is 1. The summed E-state index contributed by atoms with van der Waals surface area (Å²) in [5, 5.41) is 10.6. The third-order valence-corrected chi connectivity index (χ3v) is 4.21. The molecule has 1 atom stereocenters. The molecule has 0 saturated carbocycles. The van der Waals surface area contributed by atoms with Crippen molar-refractivity contribution in [1.29, 1.82) is 0 Å². The smallest absolute Gasteiger partial charge is 0.162 e. The molecule has 3 rings (SSSR count). The van der Waals surface area contributed by atoms with Gasteiger partial charge in [-0.25, -0.2) is 4.98 Å². The largest absolute Gasteiger partial charge is 0.490 e. The predicted octanol–water partition coefficient (Wildman–Crippen LogP) is 3.45. The molecule has 5 heteroatoms. The van der Waals surface area contributed by atoms with Crippen LogP contribution in [0.2, 0.25) is 0 Å². The summed E-state index contributed by atoms with van der Waals surface area (Å²) in [6.45, 7) is 3.10. The summed E-state index contributed by atoms with van der Waals surface area (Å²) in [5.74, 6) is 1.56. The lowest BCUT2D eigenvalue weighted by Crippen LogP contribution is -1.97. The minimum Gasteiger partial charge on any atom is -0.490 e. The fraction of sp³-hybridized carbons (Fsp3) is 0.312. The first kappa shape index (κ1) is 14.2. The van der Waals surface area contributed by atoms with E-state index in [9.17, 15) is 5.11 Å². The van der Waals surface area contributed by atoms with Crippen LogP contribution >= 0.6 is 11.8 Å². The van der Waals surface area contributed by atoms with Crippen molar-refractivity contribution in [3.05, 3.63) is 42.1 Å². The summed E-state index contributed by atoms with van der Waals surface area (Å²) in [6.07, 6.45) is 2.09. The Morgan fingerprint density at radius 3 is 2.81 bits per heavy atom. The number of hydrogen-bond donors (Lipinski definition) is 1. The van der Waals surface area contributed by atoms with E-state index < -0.39 is 6.10 Å². The number of fused-ring (bicyclic) bond motifs is 1. The van der Waals surface area contributed by atoms with E-state index in [-0.39, 0.29) is 0 Å². The number of nitrogens with zero attached hydrogens (tertiary/aromatic N) is 1. The highest BCUT2D eigenvalue weighted by Crippen LogP contribution is 2.37. The van der Waals surface area contributed by atoms with Gasteiger partial charge in [-0.05, 0) is 31.2 Å². The number of pyridine rings is 1. The highest BCUT2D eigenvalue weighted by Gasteiger charge is 2.14. The molecule has 0 fully saturated rings. The molecule has 0 amide bonds. The first-order valence-corrected chi connectivity index (χ1v) is 7.76. The minimum absolute atomic E-state index is 0.540. The Morgan fingerprint density at radius 2 is 2.00 bits per heavy atom. The van der Waals surface area contributed by atoms with Crippen LogP contribution in [0, 0.1) is 0 Å². The summed E-state index contributed by atoms with van der Waals surface area (Å²) >= 11 is 1.52. The van der Waals surface area contributed by atoms with Crippen LogP contribution in [-0.2, 0) is 0 Å². The average molecular weight is 303 g/mol. The monoisotopic (exact) mass is 303 g/mol. The Labute approximate surface area is 128 Å². The van der Waals surface area contributed by atoms with Gasteiger partial charge in [0.15, 0.2) is 11.5 Å². The zero-order valence-electron chi connectivity index (χ0n) is 11.8. The van der Waals surface area contributed by atoms with Gasteiger partial charge in [0.05, 0.1) is 19.3 Å². The van der Waals surface area contributed by atoms with Gasteiger partial charge in [0.1, 0.15) is 5.03 Å². The summed E-state index contributed by atoms with van der Waals surface area (Å²) in [4.78, 5) is 5.37. The Kier molecular flexibility index (Phi) is 4.31. The third kappa shape index (κ3) is 3.31. The first-order valence-electron chi connectivity index (χ1n) is 6.94. The number of rotatable bonds is 3. The van der Waals surface area contributed by atoms with Crippen LogP contribution < -0.4 is 9.47 Å². The molecule has 1 aromatic carbocycles. The second-order valence-corrected chi connectivity index (χ2v) is 5.90. The van der Waals surface area contributed by atoms with Gasteiger partial charge in [-0.3, -0.25) is 0 Å². The Bertz CT molecular complexity index is 631. The van der Waals surface area contributed by atoms with Crippen LogP contribution in [-0.4, -0.2) is 23.3 Å². The van der Waals surface area contributed by atoms with E-state index in [1.54, 1.807) is 13.1 Å². The lowest BCUT2D eigenvalue weighted by atomic mass is 10.2. The van der Waals surface area contributed by atoms with E-state index >= 15 is 0 Å². The number of benzene rings is 1. The van der Waals surface area contributed by atoms with E-state index in [0.717, 1.165) is 33.4 Å². The van der Waals surface area contributed by atoms with Gasteiger partial charge in [0.25, 0.3) is 0 Å². The second kappa shape index (κ2) is 6.37. The Balaban J connectivity index is 1.87. The van der Waals surface area contributed by atoms with E-state index in [1.807, 2.05) is 30.3 Å². The van der Waals surface area contributed by atoms with Crippen LogP contribution in [0.25, 0.3) is 0 Å². The molecule has 0 aliphatic carbocycles. The number of hydrogen-bond acceptors (Lipinski definition) is 5. The van der Waals surface area contributed by atoms with Crippen LogP contribution in [0.3, 0.4) is 0 Å². The van der Waals surface area contributed by atoms with Gasteiger partial charge < -0.3 is 14.6 Å². The molecule has 21 heavy (non-hydrogen) atoms. The molecule has 110 valence electrons. The molecule has 2 heterocycles. The summed E-state index contributed by atoms with van der Waals surface area (Å²) < 4.78 is 11.3. The molecule has 1 N–H and O–H groups in total. The highest BCUT2D eigenvalue weighted by atomic mass is 32.2. The maximum atomic E-state index is 9.81. The maximum Gasteiger partial charge on any atom is 0.162 e. The van der Waals surface area contributed by atoms with Gasteiger partial charge >= 0.3 is 0 Å². The molecule has 0 radical (unpaired) electrons. The van der Waals surface area contributed by atoms with Gasteiger partial charge in [0.2, 0.25) is 0 Å². The standard InChI is InChI=1S/C16H17NO3S/c1-11(18)13-4-2-7-17-16(13)21-12-5-6-14-15(10-12)20-9-3-8-19-14/h2,4-7,10-11,18H,3,8-9H2,1H3/t11-/m1/s1. The van der Waals surface area contributed by atoms with Crippen LogP contribution in [0.5, 0.6) is 11.5 Å². The van der Waals surface area contributed by atoms with Crippen molar-refractivity contribution in [2.45, 2.75) is 29.4 Å². The molecule has 0 unspecified atom stereocenters. The third-order valence-electron chi connectivity index (χ3n) is 3.18. The maximum absolute atomic E-state index is 9.81. The number of aliphatic hydroxyl groups excluding tert-OH is 1. The predicted molar refractivity (Wildman–Crippen MR) is 81.0 cm³/mol.